The predicted molar refractivity (Wildman–Crippen MR) is 126 cm³/mol. The van der Waals surface area contributed by atoms with Crippen LogP contribution in [0.4, 0.5) is 0 Å². The lowest BCUT2D eigenvalue weighted by molar-refractivity contribution is 0.302. The first-order valence-electron chi connectivity index (χ1n) is 10.1. The molecule has 2 aromatic carbocycles. The molecule has 0 atom stereocenters. The standard InChI is InChI=1S/C25H22N4OS/c1-17-14-27-25(28-17)19-7-5-18(6-8-19)15-29-23-10-9-22(12-20(23)13-24(29)31)30-16-21-4-2-3-11-26-21/h2-14,31H,15-16H2,1H3,(H,27,28). The fourth-order valence-electron chi connectivity index (χ4n) is 3.64. The number of H-pyrrole nitrogens is 1. The molecule has 0 amide bonds. The molecular formula is C25H22N4OS. The Hall–Kier alpha value is -3.51. The topological polar surface area (TPSA) is 55.7 Å². The van der Waals surface area contributed by atoms with Crippen molar-refractivity contribution in [3.05, 3.63) is 96.1 Å². The molecule has 0 unspecified atom stereocenters. The third-order valence-electron chi connectivity index (χ3n) is 5.23. The highest BCUT2D eigenvalue weighted by Gasteiger charge is 2.09. The number of aryl methyl sites for hydroxylation is 1. The highest BCUT2D eigenvalue weighted by atomic mass is 32.1. The Morgan fingerprint density at radius 2 is 1.87 bits per heavy atom. The average Bonchev–Trinajstić information content (AvgIpc) is 3.36. The van der Waals surface area contributed by atoms with Gasteiger partial charge in [0.15, 0.2) is 0 Å². The SMILES string of the molecule is Cc1cnc(-c2ccc(Cn3c(S)cc4cc(OCc5ccccn5)ccc43)cc2)[nH]1. The number of hydrogen-bond acceptors (Lipinski definition) is 4. The fourth-order valence-corrected chi connectivity index (χ4v) is 3.96. The molecule has 3 aromatic heterocycles. The third kappa shape index (κ3) is 4.20. The van der Waals surface area contributed by atoms with Gasteiger partial charge in [0.2, 0.25) is 0 Å². The Morgan fingerprint density at radius 3 is 2.61 bits per heavy atom. The molecule has 0 aliphatic carbocycles. The molecule has 0 spiro atoms. The normalized spacial score (nSPS) is 11.2. The molecule has 3 heterocycles. The van der Waals surface area contributed by atoms with Crippen LogP contribution in [0.15, 0.2) is 84.1 Å². The van der Waals surface area contributed by atoms with E-state index >= 15 is 0 Å². The van der Waals surface area contributed by atoms with Crippen molar-refractivity contribution in [2.75, 3.05) is 0 Å². The van der Waals surface area contributed by atoms with Crippen molar-refractivity contribution in [2.24, 2.45) is 0 Å². The van der Waals surface area contributed by atoms with Gasteiger partial charge in [-0.25, -0.2) is 4.98 Å². The second-order valence-corrected chi connectivity index (χ2v) is 7.99. The summed E-state index contributed by atoms with van der Waals surface area (Å²) in [5.41, 5.74) is 5.37. The number of rotatable bonds is 6. The monoisotopic (exact) mass is 426 g/mol. The number of pyridine rings is 1. The maximum atomic E-state index is 5.92. The molecule has 5 nitrogen and oxygen atoms in total. The first kappa shape index (κ1) is 19.5. The molecule has 5 rings (SSSR count). The van der Waals surface area contributed by atoms with Gasteiger partial charge in [-0.1, -0.05) is 30.3 Å². The first-order valence-corrected chi connectivity index (χ1v) is 10.6. The number of imidazole rings is 1. The molecule has 5 aromatic rings. The average molecular weight is 427 g/mol. The molecule has 0 aliphatic heterocycles. The van der Waals surface area contributed by atoms with Gasteiger partial charge in [-0.15, -0.1) is 12.6 Å². The molecule has 154 valence electrons. The summed E-state index contributed by atoms with van der Waals surface area (Å²) in [6.07, 6.45) is 3.62. The van der Waals surface area contributed by atoms with Gasteiger partial charge in [0.1, 0.15) is 18.2 Å². The molecule has 6 heteroatoms. The molecule has 0 bridgehead atoms. The highest BCUT2D eigenvalue weighted by molar-refractivity contribution is 7.80. The molecule has 0 radical (unpaired) electrons. The molecular weight excluding hydrogens is 404 g/mol. The summed E-state index contributed by atoms with van der Waals surface area (Å²) in [5.74, 6) is 1.71. The van der Waals surface area contributed by atoms with E-state index in [2.05, 4.69) is 62.0 Å². The maximum Gasteiger partial charge on any atom is 0.137 e. The minimum absolute atomic E-state index is 0.447. The molecule has 1 N–H and O–H groups in total. The molecule has 0 saturated heterocycles. The van der Waals surface area contributed by atoms with Crippen molar-refractivity contribution in [1.82, 2.24) is 19.5 Å². The van der Waals surface area contributed by atoms with E-state index in [-0.39, 0.29) is 0 Å². The van der Waals surface area contributed by atoms with Crippen LogP contribution < -0.4 is 4.74 Å². The summed E-state index contributed by atoms with van der Waals surface area (Å²) >= 11 is 4.71. The summed E-state index contributed by atoms with van der Waals surface area (Å²) < 4.78 is 8.12. The Balaban J connectivity index is 1.34. The number of aromatic nitrogens is 4. The Kier molecular flexibility index (Phi) is 5.22. The van der Waals surface area contributed by atoms with Gasteiger partial charge in [-0.2, -0.15) is 0 Å². The van der Waals surface area contributed by atoms with Crippen molar-refractivity contribution in [3.63, 3.8) is 0 Å². The Labute approximate surface area is 186 Å². The maximum absolute atomic E-state index is 5.92. The molecule has 0 fully saturated rings. The van der Waals surface area contributed by atoms with Crippen LogP contribution in [-0.2, 0) is 13.2 Å². The number of ether oxygens (including phenoxy) is 1. The lowest BCUT2D eigenvalue weighted by Crippen LogP contribution is -2.00. The smallest absolute Gasteiger partial charge is 0.137 e. The third-order valence-corrected chi connectivity index (χ3v) is 5.61. The minimum atomic E-state index is 0.447. The number of benzene rings is 2. The van der Waals surface area contributed by atoms with E-state index in [9.17, 15) is 0 Å². The van der Waals surface area contributed by atoms with Crippen molar-refractivity contribution in [3.8, 4) is 17.1 Å². The number of fused-ring (bicyclic) bond motifs is 1. The van der Waals surface area contributed by atoms with Gasteiger partial charge in [0.25, 0.3) is 0 Å². The van der Waals surface area contributed by atoms with E-state index < -0.39 is 0 Å². The summed E-state index contributed by atoms with van der Waals surface area (Å²) in [6.45, 7) is 3.20. The van der Waals surface area contributed by atoms with Crippen LogP contribution in [0.1, 0.15) is 17.0 Å². The quantitative estimate of drug-likeness (QED) is 0.345. The van der Waals surface area contributed by atoms with Gasteiger partial charge in [-0.05, 0) is 48.9 Å². The van der Waals surface area contributed by atoms with E-state index in [0.29, 0.717) is 6.61 Å². The van der Waals surface area contributed by atoms with Crippen LogP contribution in [0.5, 0.6) is 5.75 Å². The van der Waals surface area contributed by atoms with Crippen LogP contribution in [0.3, 0.4) is 0 Å². The van der Waals surface area contributed by atoms with Crippen molar-refractivity contribution < 1.29 is 4.74 Å². The van der Waals surface area contributed by atoms with E-state index in [1.54, 1.807) is 6.20 Å². The molecule has 0 aliphatic rings. The number of nitrogens with one attached hydrogen (secondary N) is 1. The zero-order valence-corrected chi connectivity index (χ0v) is 18.0. The molecule has 0 saturated carbocycles. The second kappa shape index (κ2) is 8.32. The van der Waals surface area contributed by atoms with Gasteiger partial charge in [0.05, 0.1) is 10.7 Å². The zero-order valence-electron chi connectivity index (χ0n) is 17.1. The van der Waals surface area contributed by atoms with E-state index in [0.717, 1.165) is 51.0 Å². The van der Waals surface area contributed by atoms with Crippen molar-refractivity contribution >= 4 is 23.5 Å². The summed E-state index contributed by atoms with van der Waals surface area (Å²) in [7, 11) is 0. The number of aromatic amines is 1. The lowest BCUT2D eigenvalue weighted by atomic mass is 10.1. The predicted octanol–water partition coefficient (Wildman–Crippen LogP) is 5.65. The van der Waals surface area contributed by atoms with E-state index in [4.69, 9.17) is 17.4 Å². The van der Waals surface area contributed by atoms with Crippen molar-refractivity contribution in [1.29, 1.82) is 0 Å². The number of nitrogens with zero attached hydrogens (tertiary/aromatic N) is 3. The van der Waals surface area contributed by atoms with Crippen LogP contribution in [0.25, 0.3) is 22.3 Å². The van der Waals surface area contributed by atoms with Gasteiger partial charge >= 0.3 is 0 Å². The van der Waals surface area contributed by atoms with Gasteiger partial charge in [-0.3, -0.25) is 4.98 Å². The van der Waals surface area contributed by atoms with E-state index in [1.165, 1.54) is 5.56 Å². The zero-order chi connectivity index (χ0) is 21.2. The second-order valence-electron chi connectivity index (χ2n) is 7.53. The Bertz CT molecular complexity index is 1320. The van der Waals surface area contributed by atoms with E-state index in [1.807, 2.05) is 37.4 Å². The highest BCUT2D eigenvalue weighted by Crippen LogP contribution is 2.28. The summed E-state index contributed by atoms with van der Waals surface area (Å²) in [4.78, 5) is 12.0. The van der Waals surface area contributed by atoms with Crippen LogP contribution >= 0.6 is 12.6 Å². The van der Waals surface area contributed by atoms with Crippen LogP contribution in [0.2, 0.25) is 0 Å². The van der Waals surface area contributed by atoms with Crippen LogP contribution in [0, 0.1) is 6.92 Å². The summed E-state index contributed by atoms with van der Waals surface area (Å²) in [6, 6.07) is 22.5. The largest absolute Gasteiger partial charge is 0.487 e. The summed E-state index contributed by atoms with van der Waals surface area (Å²) in [5, 5.41) is 2.02. The van der Waals surface area contributed by atoms with Gasteiger partial charge < -0.3 is 14.3 Å². The Morgan fingerprint density at radius 1 is 1.00 bits per heavy atom. The first-order chi connectivity index (χ1) is 15.2. The fraction of sp³-hybridized carbons (Fsp3) is 0.120. The van der Waals surface area contributed by atoms with Gasteiger partial charge in [0, 0.05) is 41.1 Å². The number of thiol groups is 1. The molecule has 31 heavy (non-hydrogen) atoms. The lowest BCUT2D eigenvalue weighted by Gasteiger charge is -2.10. The minimum Gasteiger partial charge on any atom is -0.487 e. The van der Waals surface area contributed by atoms with Crippen molar-refractivity contribution in [2.45, 2.75) is 25.1 Å². The number of hydrogen-bond donors (Lipinski definition) is 2. The van der Waals surface area contributed by atoms with Crippen LogP contribution in [-0.4, -0.2) is 19.5 Å².